The molecule has 1 aromatic carbocycles. The fraction of sp³-hybridized carbons (Fsp3) is 0.417. The number of benzene rings is 1. The average molecular weight is 315 g/mol. The Hall–Kier alpha value is -1.31. The minimum absolute atomic E-state index is 0.128. The lowest BCUT2D eigenvalue weighted by Crippen LogP contribution is -2.53. The molecule has 0 amide bonds. The second-order valence-corrected chi connectivity index (χ2v) is 7.03. The first-order valence-electron chi connectivity index (χ1n) is 6.30. The van der Waals surface area contributed by atoms with Crippen LogP contribution in [0, 0.1) is 0 Å². The fourth-order valence-electron chi connectivity index (χ4n) is 2.26. The molecule has 1 N–H and O–H groups in total. The Kier molecular flexibility index (Phi) is 3.35. The van der Waals surface area contributed by atoms with Crippen molar-refractivity contribution in [3.8, 4) is 0 Å². The van der Waals surface area contributed by atoms with Gasteiger partial charge in [0, 0.05) is 31.2 Å². The molecule has 6 nitrogen and oxygen atoms in total. The minimum Gasteiger partial charge on any atom is -0.339 e. The maximum atomic E-state index is 12.3. The van der Waals surface area contributed by atoms with Gasteiger partial charge in [-0.1, -0.05) is 11.6 Å². The molecular weight excluding hydrogens is 300 g/mol. The van der Waals surface area contributed by atoms with Gasteiger partial charge in [-0.15, -0.1) is 0 Å². The van der Waals surface area contributed by atoms with Crippen molar-refractivity contribution in [3.63, 3.8) is 0 Å². The minimum atomic E-state index is -3.60. The number of likely N-dealkylation sites (N-methyl/N-ethyl adjacent to an activating group) is 1. The van der Waals surface area contributed by atoms with E-state index in [9.17, 15) is 8.42 Å². The number of nitrogens with zero attached hydrogens (tertiary/aromatic N) is 3. The van der Waals surface area contributed by atoms with Crippen LogP contribution in [0.15, 0.2) is 28.1 Å². The van der Waals surface area contributed by atoms with Crippen LogP contribution in [0.1, 0.15) is 0 Å². The standard InChI is InChI=1S/C12H15ClN4O2S/c1-16-4-6-17(7-5-16)12-14-10-3-2-9(13)8-11(10)20(18,19)15-12/h2-3,8H,4-7H2,1H3,(H,14,15). The molecule has 2 aliphatic rings. The number of hydrogen-bond donors (Lipinski definition) is 1. The molecule has 3 rings (SSSR count). The van der Waals surface area contributed by atoms with Crippen LogP contribution in [0.3, 0.4) is 0 Å². The van der Waals surface area contributed by atoms with E-state index >= 15 is 0 Å². The highest BCUT2D eigenvalue weighted by Crippen LogP contribution is 2.30. The van der Waals surface area contributed by atoms with Crippen molar-refractivity contribution in [1.29, 1.82) is 0 Å². The summed E-state index contributed by atoms with van der Waals surface area (Å²) in [6.07, 6.45) is 0. The Bertz CT molecular complexity index is 666. The molecule has 2 aliphatic heterocycles. The molecule has 0 bridgehead atoms. The molecule has 0 unspecified atom stereocenters. The fourth-order valence-corrected chi connectivity index (χ4v) is 3.69. The van der Waals surface area contributed by atoms with Crippen molar-refractivity contribution in [2.45, 2.75) is 4.90 Å². The SMILES string of the molecule is CN1CCN(C2=Nc3ccc(Cl)cc3S(=O)(=O)N2)CC1. The summed E-state index contributed by atoms with van der Waals surface area (Å²) in [5.41, 5.74) is 0.432. The van der Waals surface area contributed by atoms with Crippen molar-refractivity contribution in [1.82, 2.24) is 14.5 Å². The molecule has 108 valence electrons. The van der Waals surface area contributed by atoms with Gasteiger partial charge in [-0.05, 0) is 25.2 Å². The average Bonchev–Trinajstić information content (AvgIpc) is 2.40. The van der Waals surface area contributed by atoms with Crippen molar-refractivity contribution in [3.05, 3.63) is 23.2 Å². The van der Waals surface area contributed by atoms with Crippen LogP contribution in [0.2, 0.25) is 5.02 Å². The van der Waals surface area contributed by atoms with Crippen molar-refractivity contribution < 1.29 is 8.42 Å². The highest BCUT2D eigenvalue weighted by atomic mass is 35.5. The van der Waals surface area contributed by atoms with Gasteiger partial charge in [0.1, 0.15) is 4.90 Å². The van der Waals surface area contributed by atoms with E-state index < -0.39 is 10.0 Å². The van der Waals surface area contributed by atoms with Crippen molar-refractivity contribution in [2.24, 2.45) is 4.99 Å². The van der Waals surface area contributed by atoms with E-state index in [-0.39, 0.29) is 4.90 Å². The van der Waals surface area contributed by atoms with Gasteiger partial charge < -0.3 is 9.80 Å². The summed E-state index contributed by atoms with van der Waals surface area (Å²) >= 11 is 5.85. The van der Waals surface area contributed by atoms with Crippen LogP contribution < -0.4 is 4.72 Å². The first-order chi connectivity index (χ1) is 9.45. The van der Waals surface area contributed by atoms with E-state index in [1.807, 2.05) is 11.9 Å². The number of halogens is 1. The largest absolute Gasteiger partial charge is 0.339 e. The Labute approximate surface area is 123 Å². The van der Waals surface area contributed by atoms with Crippen LogP contribution in [0.25, 0.3) is 0 Å². The lowest BCUT2D eigenvalue weighted by Gasteiger charge is -2.35. The molecular formula is C12H15ClN4O2S. The topological polar surface area (TPSA) is 65.0 Å². The Morgan fingerprint density at radius 2 is 1.95 bits per heavy atom. The molecule has 0 spiro atoms. The zero-order chi connectivity index (χ0) is 14.3. The number of sulfonamides is 1. The molecule has 0 saturated carbocycles. The third-order valence-electron chi connectivity index (χ3n) is 3.47. The van der Waals surface area contributed by atoms with Gasteiger partial charge in [0.15, 0.2) is 0 Å². The van der Waals surface area contributed by atoms with E-state index in [1.54, 1.807) is 12.1 Å². The summed E-state index contributed by atoms with van der Waals surface area (Å²) < 4.78 is 27.0. The van der Waals surface area contributed by atoms with E-state index in [0.717, 1.165) is 26.2 Å². The normalized spacial score (nSPS) is 21.9. The van der Waals surface area contributed by atoms with Crippen LogP contribution in [-0.2, 0) is 10.0 Å². The predicted octanol–water partition coefficient (Wildman–Crippen LogP) is 0.867. The van der Waals surface area contributed by atoms with Gasteiger partial charge in [0.05, 0.1) is 5.69 Å². The second kappa shape index (κ2) is 4.91. The van der Waals surface area contributed by atoms with Gasteiger partial charge in [-0.3, -0.25) is 0 Å². The molecule has 1 saturated heterocycles. The molecule has 8 heteroatoms. The molecule has 0 aliphatic carbocycles. The molecule has 20 heavy (non-hydrogen) atoms. The van der Waals surface area contributed by atoms with E-state index in [0.29, 0.717) is 16.7 Å². The summed E-state index contributed by atoms with van der Waals surface area (Å²) in [5.74, 6) is 0.396. The maximum absolute atomic E-state index is 12.3. The monoisotopic (exact) mass is 314 g/mol. The van der Waals surface area contributed by atoms with Crippen molar-refractivity contribution in [2.75, 3.05) is 33.2 Å². The van der Waals surface area contributed by atoms with Crippen LogP contribution in [0.4, 0.5) is 5.69 Å². The molecule has 0 radical (unpaired) electrons. The van der Waals surface area contributed by atoms with E-state index in [4.69, 9.17) is 11.6 Å². The number of guanidine groups is 1. The van der Waals surface area contributed by atoms with Crippen molar-refractivity contribution >= 4 is 33.3 Å². The third-order valence-corrected chi connectivity index (χ3v) is 5.06. The smallest absolute Gasteiger partial charge is 0.266 e. The predicted molar refractivity (Wildman–Crippen MR) is 77.9 cm³/mol. The Balaban J connectivity index is 1.97. The highest BCUT2D eigenvalue weighted by Gasteiger charge is 2.29. The summed E-state index contributed by atoms with van der Waals surface area (Å²) in [5, 5.41) is 0.382. The van der Waals surface area contributed by atoms with Gasteiger partial charge in [-0.25, -0.2) is 18.1 Å². The van der Waals surface area contributed by atoms with Gasteiger partial charge >= 0.3 is 0 Å². The quantitative estimate of drug-likeness (QED) is 0.771. The molecule has 2 heterocycles. The summed E-state index contributed by atoms with van der Waals surface area (Å²) in [6.45, 7) is 3.27. The molecule has 1 aromatic rings. The van der Waals surface area contributed by atoms with Crippen LogP contribution in [0.5, 0.6) is 0 Å². The van der Waals surface area contributed by atoms with Gasteiger partial charge in [0.25, 0.3) is 10.0 Å². The maximum Gasteiger partial charge on any atom is 0.266 e. The number of aliphatic imine (C=N–C) groups is 1. The number of fused-ring (bicyclic) bond motifs is 1. The zero-order valence-corrected chi connectivity index (χ0v) is 12.6. The molecule has 1 fully saturated rings. The second-order valence-electron chi connectivity index (χ2n) is 4.94. The molecule has 0 atom stereocenters. The van der Waals surface area contributed by atoms with Gasteiger partial charge in [-0.2, -0.15) is 0 Å². The number of piperazine rings is 1. The zero-order valence-electron chi connectivity index (χ0n) is 11.0. The first-order valence-corrected chi connectivity index (χ1v) is 8.16. The van der Waals surface area contributed by atoms with Crippen LogP contribution in [-0.4, -0.2) is 57.4 Å². The number of nitrogens with one attached hydrogen (secondary N) is 1. The van der Waals surface area contributed by atoms with E-state index in [2.05, 4.69) is 14.6 Å². The summed E-state index contributed by atoms with van der Waals surface area (Å²) in [4.78, 5) is 8.68. The lowest BCUT2D eigenvalue weighted by atomic mass is 10.3. The van der Waals surface area contributed by atoms with Crippen LogP contribution >= 0.6 is 11.6 Å². The number of rotatable bonds is 0. The van der Waals surface area contributed by atoms with Gasteiger partial charge in [0.2, 0.25) is 5.96 Å². The van der Waals surface area contributed by atoms with E-state index in [1.165, 1.54) is 6.07 Å². The molecule has 0 aromatic heterocycles. The summed E-state index contributed by atoms with van der Waals surface area (Å²) in [7, 11) is -1.55. The Morgan fingerprint density at radius 3 is 2.65 bits per heavy atom. The first kappa shape index (κ1) is 13.7. The Morgan fingerprint density at radius 1 is 1.25 bits per heavy atom. The number of hydrogen-bond acceptors (Lipinski definition) is 5. The highest BCUT2D eigenvalue weighted by molar-refractivity contribution is 7.90. The third kappa shape index (κ3) is 2.48. The summed E-state index contributed by atoms with van der Waals surface area (Å²) in [6, 6.07) is 4.70. The lowest BCUT2D eigenvalue weighted by molar-refractivity contribution is 0.213.